The number of hydrogen-bond donors (Lipinski definition) is 2. The van der Waals surface area contributed by atoms with E-state index in [1.165, 1.54) is 17.7 Å². The molecule has 1 fully saturated rings. The van der Waals surface area contributed by atoms with Crippen molar-refractivity contribution < 1.29 is 4.74 Å². The van der Waals surface area contributed by atoms with E-state index in [0.29, 0.717) is 18.5 Å². The van der Waals surface area contributed by atoms with Gasteiger partial charge in [-0.15, -0.1) is 11.3 Å². The first-order valence-corrected chi connectivity index (χ1v) is 10.0. The lowest BCUT2D eigenvalue weighted by Crippen LogP contribution is -2.37. The van der Waals surface area contributed by atoms with Crippen LogP contribution in [0.25, 0.3) is 0 Å². The summed E-state index contributed by atoms with van der Waals surface area (Å²) in [6.07, 6.45) is 2.50. The number of nitrogens with zero attached hydrogens (tertiary/aromatic N) is 2. The molecule has 0 aliphatic carbocycles. The third-order valence-electron chi connectivity index (χ3n) is 4.93. The highest BCUT2D eigenvalue weighted by Gasteiger charge is 2.25. The number of ether oxygens (including phenoxy) is 1. The number of methoxy groups -OCH3 is 1. The molecule has 26 heavy (non-hydrogen) atoms. The van der Waals surface area contributed by atoms with Crippen LogP contribution in [0.1, 0.15) is 30.7 Å². The Labute approximate surface area is 159 Å². The normalized spacial score (nSPS) is 17.8. The summed E-state index contributed by atoms with van der Waals surface area (Å²) in [6, 6.07) is 12.3. The SMILES string of the molecule is COc1ccccc1NC(N)=NCC(c1cccs1)N1CCC(C)CC1. The summed E-state index contributed by atoms with van der Waals surface area (Å²) in [6.45, 7) is 5.24. The number of nitrogens with one attached hydrogen (secondary N) is 1. The fraction of sp³-hybridized carbons (Fsp3) is 0.450. The highest BCUT2D eigenvalue weighted by Crippen LogP contribution is 2.30. The molecule has 3 N–H and O–H groups in total. The van der Waals surface area contributed by atoms with Crippen molar-refractivity contribution in [1.29, 1.82) is 0 Å². The quantitative estimate of drug-likeness (QED) is 0.595. The molecule has 140 valence electrons. The number of para-hydroxylation sites is 2. The first-order valence-electron chi connectivity index (χ1n) is 9.14. The van der Waals surface area contributed by atoms with Crippen LogP contribution in [-0.4, -0.2) is 37.6 Å². The van der Waals surface area contributed by atoms with Crippen LogP contribution in [0.2, 0.25) is 0 Å². The van der Waals surface area contributed by atoms with Crippen molar-refractivity contribution >= 4 is 23.0 Å². The Kier molecular flexibility index (Phi) is 6.52. The molecule has 1 aromatic heterocycles. The summed E-state index contributed by atoms with van der Waals surface area (Å²) in [5, 5.41) is 5.29. The summed E-state index contributed by atoms with van der Waals surface area (Å²) in [5.41, 5.74) is 6.98. The molecular formula is C20H28N4OS. The van der Waals surface area contributed by atoms with Crippen molar-refractivity contribution in [3.63, 3.8) is 0 Å². The molecule has 0 bridgehead atoms. The Balaban J connectivity index is 1.69. The van der Waals surface area contributed by atoms with Gasteiger partial charge in [-0.1, -0.05) is 25.1 Å². The smallest absolute Gasteiger partial charge is 0.193 e. The lowest BCUT2D eigenvalue weighted by Gasteiger charge is -2.35. The van der Waals surface area contributed by atoms with E-state index in [0.717, 1.165) is 30.4 Å². The molecule has 2 aromatic rings. The van der Waals surface area contributed by atoms with Gasteiger partial charge in [-0.05, 0) is 55.4 Å². The van der Waals surface area contributed by atoms with E-state index in [4.69, 9.17) is 10.5 Å². The second-order valence-corrected chi connectivity index (χ2v) is 7.78. The van der Waals surface area contributed by atoms with Crippen molar-refractivity contribution in [2.24, 2.45) is 16.6 Å². The number of guanidine groups is 1. The first kappa shape index (κ1) is 18.7. The zero-order valence-corrected chi connectivity index (χ0v) is 16.3. The van der Waals surface area contributed by atoms with Crippen LogP contribution in [-0.2, 0) is 0 Å². The predicted octanol–water partition coefficient (Wildman–Crippen LogP) is 3.96. The Bertz CT molecular complexity index is 708. The molecule has 0 radical (unpaired) electrons. The van der Waals surface area contributed by atoms with Crippen molar-refractivity contribution in [2.75, 3.05) is 32.1 Å². The van der Waals surface area contributed by atoms with Gasteiger partial charge in [0, 0.05) is 4.88 Å². The first-order chi connectivity index (χ1) is 12.7. The zero-order valence-electron chi connectivity index (χ0n) is 15.5. The summed E-state index contributed by atoms with van der Waals surface area (Å²) in [5.74, 6) is 1.99. The van der Waals surface area contributed by atoms with Gasteiger partial charge in [-0.2, -0.15) is 0 Å². The van der Waals surface area contributed by atoms with Crippen molar-refractivity contribution in [2.45, 2.75) is 25.8 Å². The molecule has 2 heterocycles. The van der Waals surface area contributed by atoms with E-state index < -0.39 is 0 Å². The van der Waals surface area contributed by atoms with Gasteiger partial charge in [-0.3, -0.25) is 9.89 Å². The van der Waals surface area contributed by atoms with Gasteiger partial charge in [0.05, 0.1) is 25.4 Å². The largest absolute Gasteiger partial charge is 0.495 e. The summed E-state index contributed by atoms with van der Waals surface area (Å²) >= 11 is 1.80. The molecule has 1 aliphatic rings. The minimum Gasteiger partial charge on any atom is -0.495 e. The van der Waals surface area contributed by atoms with E-state index in [1.807, 2.05) is 24.3 Å². The maximum atomic E-state index is 6.15. The number of anilines is 1. The number of nitrogens with two attached hydrogens (primary N) is 1. The molecule has 5 nitrogen and oxygen atoms in total. The van der Waals surface area contributed by atoms with E-state index in [1.54, 1.807) is 18.4 Å². The van der Waals surface area contributed by atoms with Crippen LogP contribution in [0, 0.1) is 5.92 Å². The number of piperidine rings is 1. The van der Waals surface area contributed by atoms with Gasteiger partial charge in [0.15, 0.2) is 5.96 Å². The molecule has 6 heteroatoms. The van der Waals surface area contributed by atoms with Gasteiger partial charge in [-0.25, -0.2) is 0 Å². The molecule has 3 rings (SSSR count). The van der Waals surface area contributed by atoms with E-state index >= 15 is 0 Å². The standard InChI is InChI=1S/C20H28N4OS/c1-15-9-11-24(12-10-15)17(19-8-5-13-26-19)14-22-20(21)23-16-6-3-4-7-18(16)25-2/h3-8,13,15,17H,9-12,14H2,1-2H3,(H3,21,22,23). The second-order valence-electron chi connectivity index (χ2n) is 6.80. The van der Waals surface area contributed by atoms with Crippen molar-refractivity contribution in [3.8, 4) is 5.75 Å². The summed E-state index contributed by atoms with van der Waals surface area (Å²) < 4.78 is 5.36. The van der Waals surface area contributed by atoms with E-state index in [2.05, 4.69) is 39.6 Å². The number of likely N-dealkylation sites (tertiary alicyclic amines) is 1. The van der Waals surface area contributed by atoms with Gasteiger partial charge in [0.2, 0.25) is 0 Å². The van der Waals surface area contributed by atoms with Crippen LogP contribution < -0.4 is 15.8 Å². The van der Waals surface area contributed by atoms with Gasteiger partial charge >= 0.3 is 0 Å². The van der Waals surface area contributed by atoms with Gasteiger partial charge < -0.3 is 15.8 Å². The van der Waals surface area contributed by atoms with Gasteiger partial charge in [0.1, 0.15) is 5.75 Å². The van der Waals surface area contributed by atoms with Crippen LogP contribution >= 0.6 is 11.3 Å². The molecule has 1 aliphatic heterocycles. The third-order valence-corrected chi connectivity index (χ3v) is 5.91. The van der Waals surface area contributed by atoms with E-state index in [9.17, 15) is 0 Å². The molecule has 0 amide bonds. The average molecular weight is 373 g/mol. The maximum absolute atomic E-state index is 6.15. The minimum absolute atomic E-state index is 0.292. The number of thiophene rings is 1. The maximum Gasteiger partial charge on any atom is 0.193 e. The Morgan fingerprint density at radius 1 is 1.31 bits per heavy atom. The predicted molar refractivity (Wildman–Crippen MR) is 110 cm³/mol. The van der Waals surface area contributed by atoms with Gasteiger partial charge in [0.25, 0.3) is 0 Å². The summed E-state index contributed by atoms with van der Waals surface area (Å²) in [4.78, 5) is 8.54. The zero-order chi connectivity index (χ0) is 18.4. The van der Waals surface area contributed by atoms with Crippen molar-refractivity contribution in [3.05, 3.63) is 46.7 Å². The molecule has 1 unspecified atom stereocenters. The Morgan fingerprint density at radius 3 is 2.77 bits per heavy atom. The topological polar surface area (TPSA) is 62.9 Å². The molecule has 1 saturated heterocycles. The number of hydrogen-bond acceptors (Lipinski definition) is 4. The fourth-order valence-corrected chi connectivity index (χ4v) is 4.17. The van der Waals surface area contributed by atoms with E-state index in [-0.39, 0.29) is 0 Å². The molecule has 1 atom stereocenters. The highest BCUT2D eigenvalue weighted by molar-refractivity contribution is 7.10. The van der Waals surface area contributed by atoms with Crippen LogP contribution in [0.5, 0.6) is 5.75 Å². The monoisotopic (exact) mass is 372 g/mol. The second kappa shape index (κ2) is 9.05. The number of aliphatic imine (C=N–C) groups is 1. The lowest BCUT2D eigenvalue weighted by atomic mass is 9.97. The minimum atomic E-state index is 0.292. The highest BCUT2D eigenvalue weighted by atomic mass is 32.1. The Hall–Kier alpha value is -2.05. The summed E-state index contributed by atoms with van der Waals surface area (Å²) in [7, 11) is 1.65. The number of benzene rings is 1. The number of rotatable bonds is 6. The fourth-order valence-electron chi connectivity index (χ4n) is 3.32. The van der Waals surface area contributed by atoms with Crippen LogP contribution in [0.4, 0.5) is 5.69 Å². The lowest BCUT2D eigenvalue weighted by molar-refractivity contribution is 0.143. The molecule has 1 aromatic carbocycles. The molecule has 0 saturated carbocycles. The van der Waals surface area contributed by atoms with Crippen molar-refractivity contribution in [1.82, 2.24) is 4.90 Å². The average Bonchev–Trinajstić information content (AvgIpc) is 3.18. The molecule has 0 spiro atoms. The van der Waals surface area contributed by atoms with Crippen LogP contribution in [0.3, 0.4) is 0 Å². The molecular weight excluding hydrogens is 344 g/mol. The van der Waals surface area contributed by atoms with Crippen LogP contribution in [0.15, 0.2) is 46.8 Å². The third kappa shape index (κ3) is 4.77. The Morgan fingerprint density at radius 2 is 2.08 bits per heavy atom.